The summed E-state index contributed by atoms with van der Waals surface area (Å²) in [5, 5.41) is 0. The average Bonchev–Trinajstić information content (AvgIpc) is 2.89. The van der Waals surface area contributed by atoms with Crippen LogP contribution in [-0.4, -0.2) is 12.7 Å². The van der Waals surface area contributed by atoms with Gasteiger partial charge >= 0.3 is 0 Å². The fourth-order valence-corrected chi connectivity index (χ4v) is 4.22. The van der Waals surface area contributed by atoms with E-state index in [2.05, 4.69) is 32.6 Å². The van der Waals surface area contributed by atoms with Crippen molar-refractivity contribution in [2.75, 3.05) is 6.61 Å². The molecular weight excluding hydrogens is 450 g/mol. The molecule has 3 rings (SSSR count). The van der Waals surface area contributed by atoms with E-state index in [0.717, 1.165) is 49.8 Å². The van der Waals surface area contributed by atoms with Gasteiger partial charge in [0.25, 0.3) is 0 Å². The fourth-order valence-electron chi connectivity index (χ4n) is 4.22. The fraction of sp³-hybridized carbons (Fsp3) is 0.333. The molecule has 0 saturated carbocycles. The molecule has 0 aliphatic carbocycles. The van der Waals surface area contributed by atoms with Gasteiger partial charge in [-0.3, -0.25) is 0 Å². The van der Waals surface area contributed by atoms with Crippen LogP contribution >= 0.6 is 0 Å². The lowest BCUT2D eigenvalue weighted by atomic mass is 9.97. The first kappa shape index (κ1) is 27.5. The highest BCUT2D eigenvalue weighted by atomic mass is 19.2. The Labute approximate surface area is 215 Å². The third kappa shape index (κ3) is 7.99. The minimum Gasteiger partial charge on any atom is -0.379 e. The van der Waals surface area contributed by atoms with Crippen LogP contribution in [0, 0.1) is 11.6 Å². The second-order valence-corrected chi connectivity index (χ2v) is 9.32. The molecule has 0 aliphatic heterocycles. The molecule has 0 radical (unpaired) electrons. The number of rotatable bonds is 14. The summed E-state index contributed by atoms with van der Waals surface area (Å²) in [6, 6.07) is 18.3. The van der Waals surface area contributed by atoms with E-state index >= 15 is 0 Å². The quantitative estimate of drug-likeness (QED) is 0.162. The monoisotopic (exact) mass is 488 g/mol. The second-order valence-electron chi connectivity index (χ2n) is 9.32. The highest BCUT2D eigenvalue weighted by Gasteiger charge is 2.16. The minimum atomic E-state index is -0.823. The second kappa shape index (κ2) is 14.5. The van der Waals surface area contributed by atoms with E-state index in [9.17, 15) is 8.78 Å². The Balaban J connectivity index is 1.56. The van der Waals surface area contributed by atoms with Crippen LogP contribution < -0.4 is 0 Å². The number of hydrogen-bond donors (Lipinski definition) is 0. The summed E-state index contributed by atoms with van der Waals surface area (Å²) in [7, 11) is 0. The molecule has 0 saturated heterocycles. The molecule has 3 heteroatoms. The zero-order chi connectivity index (χ0) is 25.8. The van der Waals surface area contributed by atoms with Gasteiger partial charge < -0.3 is 4.74 Å². The zero-order valence-electron chi connectivity index (χ0n) is 21.6. The molecule has 0 spiro atoms. The third-order valence-corrected chi connectivity index (χ3v) is 6.39. The molecule has 0 aromatic heterocycles. The standard InChI is InChI=1S/C33H38F2O/c1-4-6-10-24-36-25(3)12-8-7-9-13-27-16-20-29(21-17-27)31-23-22-30(32(34)33(31)35)28-18-14-26(11-5-2)15-19-28/h5,9,13-23,25H,2,4,6-8,10-12,24H2,1,3H3/b13-9+. The van der Waals surface area contributed by atoms with Gasteiger partial charge in [-0.05, 0) is 61.3 Å². The lowest BCUT2D eigenvalue weighted by Gasteiger charge is -2.12. The maximum atomic E-state index is 15.0. The third-order valence-electron chi connectivity index (χ3n) is 6.39. The summed E-state index contributed by atoms with van der Waals surface area (Å²) in [6.45, 7) is 8.92. The van der Waals surface area contributed by atoms with Gasteiger partial charge in [-0.1, -0.05) is 98.7 Å². The van der Waals surface area contributed by atoms with Gasteiger partial charge in [0.1, 0.15) is 0 Å². The number of ether oxygens (including phenoxy) is 1. The highest BCUT2D eigenvalue weighted by molar-refractivity contribution is 5.72. The summed E-state index contributed by atoms with van der Waals surface area (Å²) < 4.78 is 35.8. The highest BCUT2D eigenvalue weighted by Crippen LogP contribution is 2.32. The van der Waals surface area contributed by atoms with E-state index in [1.165, 1.54) is 12.8 Å². The topological polar surface area (TPSA) is 9.23 Å². The Morgan fingerprint density at radius 3 is 2.03 bits per heavy atom. The van der Waals surface area contributed by atoms with Crippen molar-refractivity contribution >= 4 is 6.08 Å². The molecule has 0 bridgehead atoms. The molecular formula is C33H38F2O. The molecule has 1 nitrogen and oxygen atoms in total. The van der Waals surface area contributed by atoms with Crippen LogP contribution in [0.1, 0.15) is 63.5 Å². The number of halogens is 2. The van der Waals surface area contributed by atoms with Crippen molar-refractivity contribution in [3.63, 3.8) is 0 Å². The van der Waals surface area contributed by atoms with Crippen molar-refractivity contribution in [3.05, 3.63) is 102 Å². The Bertz CT molecular complexity index is 1110. The van der Waals surface area contributed by atoms with Crippen LogP contribution in [0.3, 0.4) is 0 Å². The van der Waals surface area contributed by atoms with E-state index in [-0.39, 0.29) is 11.1 Å². The Hall–Kier alpha value is -3.04. The molecule has 3 aromatic carbocycles. The minimum absolute atomic E-state index is 0.265. The molecule has 3 aromatic rings. The SMILES string of the molecule is C=CCc1ccc(-c2ccc(-c3ccc(/C=C/CCCC(C)OCCCCC)cc3)c(F)c2F)cc1. The van der Waals surface area contributed by atoms with Crippen LogP contribution in [-0.2, 0) is 11.2 Å². The summed E-state index contributed by atoms with van der Waals surface area (Å²) in [5.74, 6) is -1.64. The van der Waals surface area contributed by atoms with Gasteiger partial charge in [0.2, 0.25) is 0 Å². The summed E-state index contributed by atoms with van der Waals surface area (Å²) in [5.41, 5.74) is 3.97. The molecule has 0 aliphatic rings. The van der Waals surface area contributed by atoms with Crippen LogP contribution in [0.15, 0.2) is 79.4 Å². The van der Waals surface area contributed by atoms with E-state index in [4.69, 9.17) is 4.74 Å². The van der Waals surface area contributed by atoms with Crippen molar-refractivity contribution in [3.8, 4) is 22.3 Å². The molecule has 0 heterocycles. The summed E-state index contributed by atoms with van der Waals surface area (Å²) in [6.07, 6.45) is 13.8. The van der Waals surface area contributed by atoms with Gasteiger partial charge in [-0.25, -0.2) is 8.78 Å². The molecule has 1 atom stereocenters. The van der Waals surface area contributed by atoms with Crippen LogP contribution in [0.25, 0.3) is 28.3 Å². The number of hydrogen-bond acceptors (Lipinski definition) is 1. The van der Waals surface area contributed by atoms with Crippen LogP contribution in [0.5, 0.6) is 0 Å². The van der Waals surface area contributed by atoms with Crippen molar-refractivity contribution in [1.82, 2.24) is 0 Å². The Kier molecular flexibility index (Phi) is 11.1. The van der Waals surface area contributed by atoms with E-state index in [1.807, 2.05) is 54.6 Å². The first-order valence-electron chi connectivity index (χ1n) is 13.1. The van der Waals surface area contributed by atoms with Crippen molar-refractivity contribution in [1.29, 1.82) is 0 Å². The molecule has 0 amide bonds. The summed E-state index contributed by atoms with van der Waals surface area (Å²) >= 11 is 0. The average molecular weight is 489 g/mol. The smallest absolute Gasteiger partial charge is 0.167 e. The Morgan fingerprint density at radius 2 is 1.44 bits per heavy atom. The first-order chi connectivity index (χ1) is 17.5. The van der Waals surface area contributed by atoms with Crippen molar-refractivity contribution < 1.29 is 13.5 Å². The van der Waals surface area contributed by atoms with E-state index < -0.39 is 11.6 Å². The van der Waals surface area contributed by atoms with Gasteiger partial charge in [0.15, 0.2) is 11.6 Å². The van der Waals surface area contributed by atoms with Crippen molar-refractivity contribution in [2.24, 2.45) is 0 Å². The lowest BCUT2D eigenvalue weighted by Crippen LogP contribution is -2.08. The van der Waals surface area contributed by atoms with Crippen LogP contribution in [0.4, 0.5) is 8.78 Å². The normalized spacial score (nSPS) is 12.2. The predicted molar refractivity (Wildman–Crippen MR) is 149 cm³/mol. The van der Waals surface area contributed by atoms with Crippen molar-refractivity contribution in [2.45, 2.75) is 64.9 Å². The van der Waals surface area contributed by atoms with Gasteiger partial charge in [-0.2, -0.15) is 0 Å². The van der Waals surface area contributed by atoms with Crippen LogP contribution in [0.2, 0.25) is 0 Å². The molecule has 1 unspecified atom stereocenters. The maximum absolute atomic E-state index is 15.0. The van der Waals surface area contributed by atoms with E-state index in [1.54, 1.807) is 12.1 Å². The molecule has 0 N–H and O–H groups in total. The maximum Gasteiger partial charge on any atom is 0.167 e. The Morgan fingerprint density at radius 1 is 0.833 bits per heavy atom. The molecule has 0 fully saturated rings. The van der Waals surface area contributed by atoms with E-state index in [0.29, 0.717) is 17.2 Å². The van der Waals surface area contributed by atoms with Gasteiger partial charge in [-0.15, -0.1) is 6.58 Å². The summed E-state index contributed by atoms with van der Waals surface area (Å²) in [4.78, 5) is 0. The predicted octanol–water partition coefficient (Wildman–Crippen LogP) is 9.81. The zero-order valence-corrected chi connectivity index (χ0v) is 21.6. The molecule has 36 heavy (non-hydrogen) atoms. The lowest BCUT2D eigenvalue weighted by molar-refractivity contribution is 0.0566. The number of unbranched alkanes of at least 4 members (excludes halogenated alkanes) is 3. The van der Waals surface area contributed by atoms with Gasteiger partial charge in [0.05, 0.1) is 6.10 Å². The number of allylic oxidation sites excluding steroid dienone is 2. The largest absolute Gasteiger partial charge is 0.379 e. The number of benzene rings is 3. The van der Waals surface area contributed by atoms with Gasteiger partial charge in [0, 0.05) is 17.7 Å². The molecule has 190 valence electrons. The first-order valence-corrected chi connectivity index (χ1v) is 13.1.